The van der Waals surface area contributed by atoms with Crippen LogP contribution in [0.3, 0.4) is 0 Å². The summed E-state index contributed by atoms with van der Waals surface area (Å²) in [4.78, 5) is 29.6. The number of carbonyl (C=O) groups is 2. The van der Waals surface area contributed by atoms with E-state index in [1.165, 1.54) is 16.7 Å². The fourth-order valence-corrected chi connectivity index (χ4v) is 3.25. The predicted octanol–water partition coefficient (Wildman–Crippen LogP) is 3.43. The maximum atomic E-state index is 12.5. The summed E-state index contributed by atoms with van der Waals surface area (Å²) in [5.74, 6) is -2.31. The molecule has 0 spiro atoms. The van der Waals surface area contributed by atoms with E-state index in [2.05, 4.69) is 44.1 Å². The molecular weight excluding hydrogens is 451 g/mol. The average molecular weight is 473 g/mol. The van der Waals surface area contributed by atoms with Crippen molar-refractivity contribution in [2.75, 3.05) is 11.9 Å². The minimum Gasteiger partial charge on any atom is -0.475 e. The monoisotopic (exact) mass is 473 g/mol. The zero-order chi connectivity index (χ0) is 24.6. The van der Waals surface area contributed by atoms with Gasteiger partial charge in [-0.1, -0.05) is 18.2 Å². The number of amides is 1. The van der Waals surface area contributed by atoms with E-state index in [1.807, 2.05) is 12.1 Å². The van der Waals surface area contributed by atoms with Crippen LogP contribution in [0.4, 0.5) is 24.8 Å². The van der Waals surface area contributed by atoms with Gasteiger partial charge in [0.15, 0.2) is 0 Å². The van der Waals surface area contributed by atoms with Crippen LogP contribution >= 0.6 is 0 Å². The average Bonchev–Trinajstić information content (AvgIpc) is 2.83. The molecule has 1 aromatic heterocycles. The van der Waals surface area contributed by atoms with Crippen molar-refractivity contribution in [3.8, 4) is 0 Å². The second kappa shape index (κ2) is 11.2. The van der Waals surface area contributed by atoms with Crippen LogP contribution in [0.1, 0.15) is 27.0 Å². The van der Waals surface area contributed by atoms with E-state index in [0.29, 0.717) is 18.1 Å². The lowest BCUT2D eigenvalue weighted by molar-refractivity contribution is -0.192. The molecule has 4 N–H and O–H groups in total. The Bertz CT molecular complexity index is 1120. The number of aliphatic carboxylic acids is 1. The number of nitrogens with one attached hydrogen (secondary N) is 3. The standard InChI is InChI=1S/C21H21N5O.C2HF3O2/c27-20(25-14-17-4-1-3-16-13-22-12-9-19(16)17)15-5-7-18(8-6-15)26-21-23-10-2-11-24-21;3-2(4,5)1(6)7/h1-8,10-11,22H,9,12-14H2,(H,25,27)(H,23,24,26);(H,6,7). The van der Waals surface area contributed by atoms with Gasteiger partial charge < -0.3 is 21.1 Å². The highest BCUT2D eigenvalue weighted by molar-refractivity contribution is 5.94. The minimum absolute atomic E-state index is 0.0796. The third-order valence-corrected chi connectivity index (χ3v) is 4.89. The summed E-state index contributed by atoms with van der Waals surface area (Å²) in [7, 11) is 0. The van der Waals surface area contributed by atoms with Crippen molar-refractivity contribution in [3.63, 3.8) is 0 Å². The van der Waals surface area contributed by atoms with E-state index in [1.54, 1.807) is 30.6 Å². The van der Waals surface area contributed by atoms with Crippen LogP contribution < -0.4 is 16.0 Å². The highest BCUT2D eigenvalue weighted by Gasteiger charge is 2.38. The molecule has 0 bridgehead atoms. The van der Waals surface area contributed by atoms with Crippen LogP contribution in [-0.4, -0.2) is 39.7 Å². The first-order valence-corrected chi connectivity index (χ1v) is 10.3. The molecule has 0 saturated carbocycles. The van der Waals surface area contributed by atoms with Crippen molar-refractivity contribution in [1.29, 1.82) is 0 Å². The molecular formula is C23H22F3N5O3. The fourth-order valence-electron chi connectivity index (χ4n) is 3.25. The molecule has 4 rings (SSSR count). The van der Waals surface area contributed by atoms with Crippen molar-refractivity contribution in [3.05, 3.63) is 83.2 Å². The first-order valence-electron chi connectivity index (χ1n) is 10.3. The molecule has 0 radical (unpaired) electrons. The maximum absolute atomic E-state index is 12.5. The van der Waals surface area contributed by atoms with Gasteiger partial charge in [-0.15, -0.1) is 0 Å². The van der Waals surface area contributed by atoms with Crippen LogP contribution in [0.15, 0.2) is 60.9 Å². The van der Waals surface area contributed by atoms with E-state index in [0.717, 1.165) is 25.2 Å². The number of fused-ring (bicyclic) bond motifs is 1. The molecule has 0 unspecified atom stereocenters. The van der Waals surface area contributed by atoms with Crippen molar-refractivity contribution >= 4 is 23.5 Å². The second-order valence-electron chi connectivity index (χ2n) is 7.24. The van der Waals surface area contributed by atoms with E-state index in [4.69, 9.17) is 9.90 Å². The number of alkyl halides is 3. The summed E-state index contributed by atoms with van der Waals surface area (Å²) in [5.41, 5.74) is 5.34. The molecule has 0 fully saturated rings. The predicted molar refractivity (Wildman–Crippen MR) is 118 cm³/mol. The number of carboxylic acids is 1. The molecule has 11 heteroatoms. The van der Waals surface area contributed by atoms with Gasteiger partial charge in [-0.2, -0.15) is 13.2 Å². The largest absolute Gasteiger partial charge is 0.490 e. The number of halogens is 3. The minimum atomic E-state index is -5.08. The van der Waals surface area contributed by atoms with Gasteiger partial charge in [-0.25, -0.2) is 14.8 Å². The van der Waals surface area contributed by atoms with Crippen LogP contribution in [0, 0.1) is 0 Å². The molecule has 0 atom stereocenters. The number of carboxylic acid groups (broad SMARTS) is 1. The third kappa shape index (κ3) is 7.01. The van der Waals surface area contributed by atoms with Gasteiger partial charge >= 0.3 is 12.1 Å². The Morgan fingerprint density at radius 1 is 1.03 bits per heavy atom. The topological polar surface area (TPSA) is 116 Å². The van der Waals surface area contributed by atoms with Gasteiger partial charge in [0, 0.05) is 36.7 Å². The summed E-state index contributed by atoms with van der Waals surface area (Å²) < 4.78 is 31.7. The number of hydrogen-bond donors (Lipinski definition) is 4. The quantitative estimate of drug-likeness (QED) is 0.449. The number of anilines is 2. The Labute approximate surface area is 193 Å². The Morgan fingerprint density at radius 3 is 2.35 bits per heavy atom. The SMILES string of the molecule is O=C(NCc1cccc2c1CCNC2)c1ccc(Nc2ncccn2)cc1.O=C(O)C(F)(F)F. The van der Waals surface area contributed by atoms with Gasteiger partial charge in [0.2, 0.25) is 5.95 Å². The van der Waals surface area contributed by atoms with Crippen LogP contribution in [0.2, 0.25) is 0 Å². The molecule has 8 nitrogen and oxygen atoms in total. The smallest absolute Gasteiger partial charge is 0.475 e. The van der Waals surface area contributed by atoms with Gasteiger partial charge in [0.05, 0.1) is 0 Å². The van der Waals surface area contributed by atoms with E-state index >= 15 is 0 Å². The zero-order valence-corrected chi connectivity index (χ0v) is 17.9. The van der Waals surface area contributed by atoms with Crippen LogP contribution in [0.5, 0.6) is 0 Å². The normalized spacial score (nSPS) is 12.6. The Hall–Kier alpha value is -3.99. The molecule has 1 aliphatic heterocycles. The van der Waals surface area contributed by atoms with Gasteiger partial charge in [-0.05, 0) is 60.0 Å². The number of benzene rings is 2. The second-order valence-corrected chi connectivity index (χ2v) is 7.24. The van der Waals surface area contributed by atoms with Gasteiger partial charge in [0.1, 0.15) is 0 Å². The number of hydrogen-bond acceptors (Lipinski definition) is 6. The summed E-state index contributed by atoms with van der Waals surface area (Å²) in [6.45, 7) is 2.42. The van der Waals surface area contributed by atoms with E-state index in [9.17, 15) is 18.0 Å². The molecule has 178 valence electrons. The van der Waals surface area contributed by atoms with Gasteiger partial charge in [-0.3, -0.25) is 4.79 Å². The van der Waals surface area contributed by atoms with Crippen LogP contribution in [-0.2, 0) is 24.3 Å². The highest BCUT2D eigenvalue weighted by atomic mass is 19.4. The number of rotatable bonds is 5. The molecule has 34 heavy (non-hydrogen) atoms. The first-order chi connectivity index (χ1) is 16.2. The van der Waals surface area contributed by atoms with Crippen molar-refractivity contribution in [2.45, 2.75) is 25.7 Å². The van der Waals surface area contributed by atoms with Crippen LogP contribution in [0.25, 0.3) is 0 Å². The molecule has 2 aromatic carbocycles. The van der Waals surface area contributed by atoms with E-state index < -0.39 is 12.1 Å². The summed E-state index contributed by atoms with van der Waals surface area (Å²) >= 11 is 0. The Balaban J connectivity index is 0.000000406. The fraction of sp³-hybridized carbons (Fsp3) is 0.217. The molecule has 2 heterocycles. The summed E-state index contributed by atoms with van der Waals surface area (Å²) in [5, 5.41) is 16.6. The third-order valence-electron chi connectivity index (χ3n) is 4.89. The molecule has 1 amide bonds. The van der Waals surface area contributed by atoms with Crippen molar-refractivity contribution in [2.24, 2.45) is 0 Å². The van der Waals surface area contributed by atoms with Gasteiger partial charge in [0.25, 0.3) is 5.91 Å². The molecule has 0 saturated heterocycles. The van der Waals surface area contributed by atoms with Crippen molar-refractivity contribution in [1.82, 2.24) is 20.6 Å². The highest BCUT2D eigenvalue weighted by Crippen LogP contribution is 2.19. The molecule has 1 aliphatic rings. The number of aromatic nitrogens is 2. The number of nitrogens with zero attached hydrogens (tertiary/aromatic N) is 2. The van der Waals surface area contributed by atoms with E-state index in [-0.39, 0.29) is 5.91 Å². The lowest BCUT2D eigenvalue weighted by atomic mass is 9.95. The lowest BCUT2D eigenvalue weighted by Crippen LogP contribution is -2.27. The Morgan fingerprint density at radius 2 is 1.71 bits per heavy atom. The Kier molecular flexibility index (Phi) is 8.14. The zero-order valence-electron chi connectivity index (χ0n) is 17.9. The number of carbonyl (C=O) groups excluding carboxylic acids is 1. The summed E-state index contributed by atoms with van der Waals surface area (Å²) in [6.07, 6.45) is -0.728. The lowest BCUT2D eigenvalue weighted by Gasteiger charge is -2.20. The first kappa shape index (κ1) is 24.6. The molecule has 0 aliphatic carbocycles. The molecule has 3 aromatic rings. The van der Waals surface area contributed by atoms with Crippen molar-refractivity contribution < 1.29 is 27.9 Å². The summed E-state index contributed by atoms with van der Waals surface area (Å²) in [6, 6.07) is 15.4. The maximum Gasteiger partial charge on any atom is 0.490 e.